The molecule has 0 bridgehead atoms. The van der Waals surface area contributed by atoms with E-state index in [9.17, 15) is 0 Å². The predicted octanol–water partition coefficient (Wildman–Crippen LogP) is 11.6. The third-order valence-corrected chi connectivity index (χ3v) is 15.7. The van der Waals surface area contributed by atoms with E-state index in [4.69, 9.17) is 23.4 Å². The van der Waals surface area contributed by atoms with Gasteiger partial charge in [-0.3, -0.25) is 0 Å². The molecule has 1 saturated heterocycles. The van der Waals surface area contributed by atoms with Gasteiger partial charge in [0.1, 0.15) is 24.4 Å². The van der Waals surface area contributed by atoms with E-state index in [0.29, 0.717) is 32.8 Å². The Morgan fingerprint density at radius 2 is 1.02 bits per heavy atom. The molecule has 6 heteroatoms. The maximum Gasteiger partial charge on any atom is 0.192 e. The third kappa shape index (κ3) is 8.87. The molecule has 6 aromatic rings. The largest absolute Gasteiger partial charge is 0.409 e. The first-order valence-electron chi connectivity index (χ1n) is 19.3. The monoisotopic (exact) mass is 738 g/mol. The summed E-state index contributed by atoms with van der Waals surface area (Å²) >= 11 is 0. The highest BCUT2D eigenvalue weighted by Gasteiger charge is 2.51. The fourth-order valence-electron chi connectivity index (χ4n) is 7.19. The lowest BCUT2D eigenvalue weighted by atomic mass is 9.92. The van der Waals surface area contributed by atoms with Crippen LogP contribution >= 0.6 is 0 Å². The van der Waals surface area contributed by atoms with Crippen molar-refractivity contribution in [2.24, 2.45) is 0 Å². The van der Waals surface area contributed by atoms with Gasteiger partial charge in [0.2, 0.25) is 0 Å². The standard InChI is InChI=1S/C48H54O5Si/c1-7-14-43-46(53-54(5,6)48(2,3)4)47(51-32-36-23-26-39-17-10-13-20-42(39)29-36)45(50-31-35-22-25-38-16-9-12-19-41(38)28-35)44(52-43)33-49-30-34-21-24-37-15-8-11-18-40(37)27-34/h7-13,15-29,43-47H,1,14,30-33H2,2-6H3/t43-,44-,45-,46+,47+/m0/s1. The molecule has 0 N–H and O–H groups in total. The van der Waals surface area contributed by atoms with Crippen LogP contribution in [0.4, 0.5) is 0 Å². The lowest BCUT2D eigenvalue weighted by Gasteiger charge is -2.50. The van der Waals surface area contributed by atoms with Crippen LogP contribution in [0.3, 0.4) is 0 Å². The number of rotatable bonds is 14. The topological polar surface area (TPSA) is 46.2 Å². The summed E-state index contributed by atoms with van der Waals surface area (Å²) in [5, 5.41) is 7.17. The zero-order valence-electron chi connectivity index (χ0n) is 32.4. The Hall–Kier alpha value is -4.14. The number of hydrogen-bond acceptors (Lipinski definition) is 5. The molecule has 0 unspecified atom stereocenters. The molecule has 1 aliphatic heterocycles. The van der Waals surface area contributed by atoms with Crippen molar-refractivity contribution in [3.63, 3.8) is 0 Å². The zero-order chi connectivity index (χ0) is 37.7. The predicted molar refractivity (Wildman–Crippen MR) is 224 cm³/mol. The van der Waals surface area contributed by atoms with Crippen LogP contribution in [0.2, 0.25) is 18.1 Å². The first-order valence-corrected chi connectivity index (χ1v) is 22.2. The molecule has 0 aliphatic carbocycles. The molecule has 280 valence electrons. The Labute approximate surface area is 322 Å². The maximum absolute atomic E-state index is 7.30. The van der Waals surface area contributed by atoms with Gasteiger partial charge in [0.15, 0.2) is 8.32 Å². The molecule has 0 spiro atoms. The Bertz CT molecular complexity index is 2190. The average molecular weight is 739 g/mol. The first kappa shape index (κ1) is 38.1. The fraction of sp³-hybridized carbons (Fsp3) is 0.333. The number of benzene rings is 6. The molecule has 0 saturated carbocycles. The van der Waals surface area contributed by atoms with Crippen LogP contribution in [0.1, 0.15) is 43.9 Å². The summed E-state index contributed by atoms with van der Waals surface area (Å²) < 4.78 is 34.9. The summed E-state index contributed by atoms with van der Waals surface area (Å²) in [5.41, 5.74) is 3.31. The van der Waals surface area contributed by atoms with Gasteiger partial charge in [-0.05, 0) is 91.8 Å². The molecule has 7 rings (SSSR count). The van der Waals surface area contributed by atoms with Gasteiger partial charge >= 0.3 is 0 Å². The number of ether oxygens (including phenoxy) is 4. The minimum absolute atomic E-state index is 0.0180. The maximum atomic E-state index is 7.30. The number of hydrogen-bond donors (Lipinski definition) is 0. The second-order valence-corrected chi connectivity index (χ2v) is 20.9. The van der Waals surface area contributed by atoms with Crippen LogP contribution in [0, 0.1) is 0 Å². The van der Waals surface area contributed by atoms with Crippen LogP contribution < -0.4 is 0 Å². The highest BCUT2D eigenvalue weighted by Crippen LogP contribution is 2.41. The molecular formula is C48H54O5Si. The van der Waals surface area contributed by atoms with Crippen LogP contribution in [0.15, 0.2) is 140 Å². The molecule has 0 amide bonds. The van der Waals surface area contributed by atoms with E-state index in [-0.39, 0.29) is 17.2 Å². The van der Waals surface area contributed by atoms with E-state index in [1.807, 2.05) is 6.08 Å². The Balaban J connectivity index is 1.21. The van der Waals surface area contributed by atoms with E-state index < -0.39 is 26.6 Å². The van der Waals surface area contributed by atoms with E-state index >= 15 is 0 Å². The molecule has 6 aromatic carbocycles. The summed E-state index contributed by atoms with van der Waals surface area (Å²) in [5.74, 6) is 0. The molecule has 1 fully saturated rings. The van der Waals surface area contributed by atoms with Crippen LogP contribution in [-0.2, 0) is 43.2 Å². The first-order chi connectivity index (χ1) is 26.1. The normalized spacial score (nSPS) is 20.8. The van der Waals surface area contributed by atoms with Crippen molar-refractivity contribution >= 4 is 40.6 Å². The van der Waals surface area contributed by atoms with E-state index in [2.05, 4.69) is 168 Å². The van der Waals surface area contributed by atoms with Gasteiger partial charge in [-0.2, -0.15) is 0 Å². The van der Waals surface area contributed by atoms with Crippen molar-refractivity contribution in [1.82, 2.24) is 0 Å². The molecule has 0 aromatic heterocycles. The zero-order valence-corrected chi connectivity index (χ0v) is 33.4. The van der Waals surface area contributed by atoms with Gasteiger partial charge in [-0.15, -0.1) is 6.58 Å². The molecule has 5 nitrogen and oxygen atoms in total. The summed E-state index contributed by atoms with van der Waals surface area (Å²) in [6, 6.07) is 44.8. The van der Waals surface area contributed by atoms with Gasteiger partial charge in [-0.25, -0.2) is 0 Å². The van der Waals surface area contributed by atoms with Crippen molar-refractivity contribution in [1.29, 1.82) is 0 Å². The minimum Gasteiger partial charge on any atom is -0.409 e. The van der Waals surface area contributed by atoms with Crippen molar-refractivity contribution in [2.45, 2.75) is 95.7 Å². The van der Waals surface area contributed by atoms with Crippen LogP contribution in [-0.4, -0.2) is 45.4 Å². The molecule has 54 heavy (non-hydrogen) atoms. The second kappa shape index (κ2) is 16.7. The molecule has 0 radical (unpaired) electrons. The van der Waals surface area contributed by atoms with E-state index in [1.165, 1.54) is 32.3 Å². The minimum atomic E-state index is -2.29. The molecule has 5 atom stereocenters. The van der Waals surface area contributed by atoms with Crippen LogP contribution in [0.5, 0.6) is 0 Å². The van der Waals surface area contributed by atoms with Gasteiger partial charge in [0.25, 0.3) is 0 Å². The van der Waals surface area contributed by atoms with Gasteiger partial charge < -0.3 is 23.4 Å². The summed E-state index contributed by atoms with van der Waals surface area (Å²) in [4.78, 5) is 0. The lowest BCUT2D eigenvalue weighted by molar-refractivity contribution is -0.257. The summed E-state index contributed by atoms with van der Waals surface area (Å²) in [6.45, 7) is 17.1. The Morgan fingerprint density at radius 3 is 1.48 bits per heavy atom. The second-order valence-electron chi connectivity index (χ2n) is 16.2. The van der Waals surface area contributed by atoms with Gasteiger partial charge in [-0.1, -0.05) is 136 Å². The summed E-state index contributed by atoms with van der Waals surface area (Å²) in [7, 11) is -2.29. The third-order valence-electron chi connectivity index (χ3n) is 11.2. The van der Waals surface area contributed by atoms with Gasteiger partial charge in [0.05, 0.1) is 32.5 Å². The summed E-state index contributed by atoms with van der Waals surface area (Å²) in [6.07, 6.45) is 0.583. The van der Waals surface area contributed by atoms with E-state index in [0.717, 1.165) is 16.7 Å². The van der Waals surface area contributed by atoms with Gasteiger partial charge in [0, 0.05) is 0 Å². The highest BCUT2D eigenvalue weighted by molar-refractivity contribution is 6.74. The van der Waals surface area contributed by atoms with Crippen molar-refractivity contribution in [3.8, 4) is 0 Å². The molecule has 1 heterocycles. The smallest absolute Gasteiger partial charge is 0.192 e. The Morgan fingerprint density at radius 1 is 0.574 bits per heavy atom. The van der Waals surface area contributed by atoms with E-state index in [1.54, 1.807) is 0 Å². The Kier molecular flexibility index (Phi) is 11.8. The average Bonchev–Trinajstić information content (AvgIpc) is 3.17. The van der Waals surface area contributed by atoms with Crippen LogP contribution in [0.25, 0.3) is 32.3 Å². The van der Waals surface area contributed by atoms with Crippen molar-refractivity contribution in [3.05, 3.63) is 157 Å². The molecule has 1 aliphatic rings. The molecular weight excluding hydrogens is 685 g/mol. The SMILES string of the molecule is C=CC[C@@H]1O[C@@H](COCc2ccc3ccccc3c2)[C@H](OCc2ccc3ccccc3c2)[C@@H](OCc2ccc3ccccc3c2)[C@@H]1O[Si](C)(C)C(C)(C)C. The fourth-order valence-corrected chi connectivity index (χ4v) is 8.51. The van der Waals surface area contributed by atoms with Crippen molar-refractivity contribution < 1.29 is 23.4 Å². The lowest BCUT2D eigenvalue weighted by Crippen LogP contribution is -2.63. The van der Waals surface area contributed by atoms with Crippen molar-refractivity contribution in [2.75, 3.05) is 6.61 Å². The number of fused-ring (bicyclic) bond motifs is 3. The quantitative estimate of drug-likeness (QED) is 0.0822. The highest BCUT2D eigenvalue weighted by atomic mass is 28.4.